The van der Waals surface area contributed by atoms with Crippen LogP contribution in [0.3, 0.4) is 0 Å². The first-order chi connectivity index (χ1) is 43.3. The molecule has 4 N–H and O–H groups in total. The lowest BCUT2D eigenvalue weighted by Crippen LogP contribution is -2.25. The highest BCUT2D eigenvalue weighted by Gasteiger charge is 2.25. The van der Waals surface area contributed by atoms with Gasteiger partial charge in [0.15, 0.2) is 17.3 Å². The third-order valence-electron chi connectivity index (χ3n) is 16.5. The highest BCUT2D eigenvalue weighted by molar-refractivity contribution is 6.43. The van der Waals surface area contributed by atoms with Gasteiger partial charge in [0.25, 0.3) is 0 Å². The minimum Gasteiger partial charge on any atom is -0.476 e. The number of aromatic carboxylic acids is 2. The number of hydrogen-bond acceptors (Lipinski definition) is 15. The fraction of sp³-hybridized carbons (Fsp3) is 0.800. The highest BCUT2D eigenvalue weighted by Crippen LogP contribution is 2.31. The number of aromatic nitrogens is 8. The average Bonchev–Trinajstić information content (AvgIpc) is 4.51. The third kappa shape index (κ3) is 38.6. The molecular formula is C70H124N10O9. The Balaban J connectivity index is 0.000000557. The van der Waals surface area contributed by atoms with Crippen LogP contribution in [0.1, 0.15) is 394 Å². The van der Waals surface area contributed by atoms with Crippen molar-refractivity contribution in [1.29, 1.82) is 0 Å². The van der Waals surface area contributed by atoms with Gasteiger partial charge in [-0.15, -0.1) is 15.3 Å². The molecule has 0 bridgehead atoms. The number of carboxylic acid groups (broad SMARTS) is 2. The van der Waals surface area contributed by atoms with Gasteiger partial charge in [-0.1, -0.05) is 272 Å². The Hall–Kier alpha value is -5.62. The van der Waals surface area contributed by atoms with Crippen molar-refractivity contribution in [3.05, 3.63) is 57.6 Å². The molecule has 19 heteroatoms. The number of Topliss-reactive ketones (excluding diaryl/α,β-unsaturated/α-hetero) is 1. The summed E-state index contributed by atoms with van der Waals surface area (Å²) >= 11 is 0. The summed E-state index contributed by atoms with van der Waals surface area (Å²) < 4.78 is 15.7. The maximum absolute atomic E-state index is 12.3. The van der Waals surface area contributed by atoms with E-state index in [1.807, 2.05) is 0 Å². The molecule has 89 heavy (non-hydrogen) atoms. The number of aliphatic imine (C=N–C) groups is 2. The summed E-state index contributed by atoms with van der Waals surface area (Å²) in [5.41, 5.74) is 0.693. The maximum Gasteiger partial charge on any atom is 0.434 e. The molecule has 0 saturated heterocycles. The molecule has 19 nitrogen and oxygen atoms in total. The third-order valence-corrected chi connectivity index (χ3v) is 16.5. The Morgan fingerprint density at radius 1 is 0.506 bits per heavy atom. The summed E-state index contributed by atoms with van der Waals surface area (Å²) in [6, 6.07) is 1.59. The van der Waals surface area contributed by atoms with Gasteiger partial charge in [0.2, 0.25) is 5.89 Å². The fourth-order valence-corrected chi connectivity index (χ4v) is 11.0. The predicted molar refractivity (Wildman–Crippen MR) is 360 cm³/mol. The van der Waals surface area contributed by atoms with E-state index >= 15 is 0 Å². The first-order valence-electron chi connectivity index (χ1n) is 35.6. The zero-order valence-electron chi connectivity index (χ0n) is 57.4. The van der Waals surface area contributed by atoms with Gasteiger partial charge in [-0.3, -0.25) is 9.79 Å². The van der Waals surface area contributed by atoms with Gasteiger partial charge in [-0.05, 0) is 64.2 Å². The van der Waals surface area contributed by atoms with Crippen LogP contribution in [0, 0.1) is 5.92 Å². The lowest BCUT2D eigenvalue weighted by molar-refractivity contribution is -0.117. The second kappa shape index (κ2) is 55.2. The highest BCUT2D eigenvalue weighted by atomic mass is 16.5. The second-order valence-corrected chi connectivity index (χ2v) is 24.4. The second-order valence-electron chi connectivity index (χ2n) is 24.4. The van der Waals surface area contributed by atoms with Gasteiger partial charge >= 0.3 is 23.6 Å². The molecule has 1 aliphatic heterocycles. The number of ketones is 1. The van der Waals surface area contributed by atoms with Crippen molar-refractivity contribution >= 4 is 29.8 Å². The van der Waals surface area contributed by atoms with Crippen molar-refractivity contribution in [3.8, 4) is 0 Å². The Bertz CT molecular complexity index is 2290. The Morgan fingerprint density at radius 2 is 0.921 bits per heavy atom. The van der Waals surface area contributed by atoms with Crippen LogP contribution in [0.2, 0.25) is 0 Å². The quantitative estimate of drug-likeness (QED) is 0.0299. The van der Waals surface area contributed by atoms with Gasteiger partial charge in [0.05, 0.1) is 12.7 Å². The van der Waals surface area contributed by atoms with Gasteiger partial charge in [-0.2, -0.15) is 5.21 Å². The molecule has 0 saturated carbocycles. The van der Waals surface area contributed by atoms with E-state index in [0.29, 0.717) is 41.8 Å². The number of aromatic amines is 2. The van der Waals surface area contributed by atoms with Gasteiger partial charge in [0, 0.05) is 35.7 Å². The smallest absolute Gasteiger partial charge is 0.434 e. The summed E-state index contributed by atoms with van der Waals surface area (Å²) in [6.45, 7) is 22.5. The predicted octanol–water partition coefficient (Wildman–Crippen LogP) is 20.1. The van der Waals surface area contributed by atoms with E-state index in [9.17, 15) is 19.2 Å². The monoisotopic (exact) mass is 1250 g/mol. The number of H-pyrrole nitrogens is 2. The van der Waals surface area contributed by atoms with Crippen LogP contribution >= 0.6 is 0 Å². The summed E-state index contributed by atoms with van der Waals surface area (Å²) in [5, 5.41) is 42.2. The fourth-order valence-electron chi connectivity index (χ4n) is 11.0. The number of carboxylic acids is 2. The van der Waals surface area contributed by atoms with Crippen LogP contribution in [0.15, 0.2) is 40.4 Å². The molecule has 4 aromatic heterocycles. The van der Waals surface area contributed by atoms with Crippen molar-refractivity contribution in [2.45, 2.75) is 350 Å². The summed E-state index contributed by atoms with van der Waals surface area (Å²) in [7, 11) is 0. The zero-order valence-corrected chi connectivity index (χ0v) is 57.4. The number of rotatable bonds is 48. The van der Waals surface area contributed by atoms with E-state index in [0.717, 1.165) is 107 Å². The van der Waals surface area contributed by atoms with Gasteiger partial charge in [0.1, 0.15) is 23.6 Å². The number of nitrogens with one attached hydrogen (secondary N) is 2. The van der Waals surface area contributed by atoms with E-state index in [2.05, 4.69) is 120 Å². The molecule has 0 aliphatic carbocycles. The SMILES string of the molecule is CCCCCC(CCCCC)C(=O)C1=NC=NC1.CCCCCC(CCCCC)c1cc(C(=O)O)no1.CCCCCC(CCCCC)c1cnc(C(=O)O)o1.CCCCCC(CCCCC)c1n[nH]c(=O)o1.CCCCCC(CCCCC)c1nn[nH]n1. The molecule has 508 valence electrons. The largest absolute Gasteiger partial charge is 0.476 e. The van der Waals surface area contributed by atoms with Crippen LogP contribution in [0.25, 0.3) is 0 Å². The minimum absolute atomic E-state index is 0.0194. The lowest BCUT2D eigenvalue weighted by Gasteiger charge is -2.15. The normalized spacial score (nSPS) is 11.8. The van der Waals surface area contributed by atoms with Crippen LogP contribution in [0.4, 0.5) is 0 Å². The first-order valence-corrected chi connectivity index (χ1v) is 35.6. The van der Waals surface area contributed by atoms with E-state index in [-0.39, 0.29) is 23.3 Å². The van der Waals surface area contributed by atoms with Gasteiger partial charge < -0.3 is 23.6 Å². The van der Waals surface area contributed by atoms with Crippen molar-refractivity contribution in [3.63, 3.8) is 0 Å². The zero-order chi connectivity index (χ0) is 65.5. The first kappa shape index (κ1) is 81.4. The molecular weight excluding hydrogens is 1120 g/mol. The Labute approximate surface area is 536 Å². The Morgan fingerprint density at radius 3 is 1.26 bits per heavy atom. The summed E-state index contributed by atoms with van der Waals surface area (Å²) in [5.74, 6) is 2.15. The molecule has 0 radical (unpaired) electrons. The Kier molecular flexibility index (Phi) is 50.5. The minimum atomic E-state index is -1.09. The van der Waals surface area contributed by atoms with Crippen LogP contribution < -0.4 is 5.76 Å². The molecule has 0 unspecified atom stereocenters. The van der Waals surface area contributed by atoms with Crippen molar-refractivity contribution in [1.82, 2.24) is 41.0 Å². The molecule has 0 atom stereocenters. The molecule has 4 aromatic rings. The molecule has 0 spiro atoms. The van der Waals surface area contributed by atoms with Crippen LogP contribution in [-0.2, 0) is 4.79 Å². The van der Waals surface area contributed by atoms with Crippen LogP contribution in [-0.4, -0.2) is 87.5 Å². The topological polar surface area (TPSA) is 282 Å². The number of carbonyl (C=O) groups excluding carboxylic acids is 1. The summed E-state index contributed by atoms with van der Waals surface area (Å²) in [4.78, 5) is 56.9. The standard InChI is InChI=1S/C15H26N2O.2C15H25NO3.C13H24N2O2.C12H24N4/c1-3-5-7-9-13(10-8-6-4-2)15(18)14-11-16-12-17-14;1-3-5-7-9-12(10-8-6-4-2)14-11-13(15(17)18)16-19-14;1-3-5-7-9-12(10-8-6-4-2)13-11-16-14(19-13)15(17)18;1-3-5-7-9-11(10-8-6-4-2)12-14-15-13(16)17-12;1-3-5-7-9-11(10-8-6-4-2)12-13-15-16-14-12/h12-13H,3-11H2,1-2H3;2*11-12H,3-10H2,1-2H3,(H,17,18);11H,3-10H2,1-2H3,(H,15,16);11H,3-10H2,1-2H3,(H,13,14,15,16). The number of tetrazole rings is 1. The van der Waals surface area contributed by atoms with Gasteiger partial charge in [-0.25, -0.2) is 29.5 Å². The number of oxazole rings is 1. The van der Waals surface area contributed by atoms with Crippen LogP contribution in [0.5, 0.6) is 0 Å². The average molecular weight is 1250 g/mol. The number of hydrogen-bond donors (Lipinski definition) is 4. The lowest BCUT2D eigenvalue weighted by atomic mass is 9.89. The van der Waals surface area contributed by atoms with E-state index in [4.69, 9.17) is 23.6 Å². The van der Waals surface area contributed by atoms with E-state index in [1.54, 1.807) is 12.3 Å². The number of nitrogens with zero attached hydrogens (tertiary/aromatic N) is 8. The number of carbonyl (C=O) groups is 3. The van der Waals surface area contributed by atoms with Crippen molar-refractivity contribution in [2.24, 2.45) is 15.9 Å². The van der Waals surface area contributed by atoms with E-state index < -0.39 is 17.7 Å². The summed E-state index contributed by atoms with van der Waals surface area (Å²) in [6.07, 6.45) is 50.4. The van der Waals surface area contributed by atoms with Crippen molar-refractivity contribution < 1.29 is 38.0 Å². The molecule has 0 amide bonds. The maximum atomic E-state index is 12.3. The molecule has 0 fully saturated rings. The number of unbranched alkanes of at least 4 members (excludes halogenated alkanes) is 20. The molecule has 5 heterocycles. The molecule has 5 rings (SSSR count). The molecule has 0 aromatic carbocycles. The van der Waals surface area contributed by atoms with Crippen molar-refractivity contribution in [2.75, 3.05) is 6.54 Å². The van der Waals surface area contributed by atoms with E-state index in [1.165, 1.54) is 173 Å². The molecule has 1 aliphatic rings.